The zero-order valence-corrected chi connectivity index (χ0v) is 11.6. The van der Waals surface area contributed by atoms with Crippen LogP contribution in [0.3, 0.4) is 0 Å². The number of anilines is 1. The molecule has 0 radical (unpaired) electrons. The Balaban J connectivity index is 2.41. The number of nitrogens with one attached hydrogen (secondary N) is 1. The van der Waals surface area contributed by atoms with Gasteiger partial charge in [-0.1, -0.05) is 0 Å². The van der Waals surface area contributed by atoms with Crippen LogP contribution in [-0.4, -0.2) is 36.6 Å². The normalized spacial score (nSPS) is 15.3. The van der Waals surface area contributed by atoms with Crippen LogP contribution >= 0.6 is 0 Å². The Bertz CT molecular complexity index is 587. The topological polar surface area (TPSA) is 69.6 Å². The Morgan fingerprint density at radius 1 is 1.32 bits per heavy atom. The molecule has 120 valence electrons. The van der Waals surface area contributed by atoms with Crippen LogP contribution < -0.4 is 10.2 Å². The molecular weight excluding hydrogens is 301 g/mol. The highest BCUT2D eigenvalue weighted by molar-refractivity contribution is 5.99. The Morgan fingerprint density at radius 3 is 2.59 bits per heavy atom. The third kappa shape index (κ3) is 3.56. The van der Waals surface area contributed by atoms with Gasteiger partial charge in [-0.05, 0) is 24.6 Å². The number of alkyl halides is 3. The van der Waals surface area contributed by atoms with Crippen LogP contribution in [0.5, 0.6) is 0 Å². The van der Waals surface area contributed by atoms with Crippen molar-refractivity contribution in [1.82, 2.24) is 5.32 Å². The molecule has 22 heavy (non-hydrogen) atoms. The summed E-state index contributed by atoms with van der Waals surface area (Å²) in [4.78, 5) is 24.8. The zero-order valence-electron chi connectivity index (χ0n) is 11.6. The van der Waals surface area contributed by atoms with E-state index in [0.29, 0.717) is 13.0 Å². The minimum absolute atomic E-state index is 0.0615. The maximum atomic E-state index is 13.0. The molecule has 1 aromatic rings. The lowest BCUT2D eigenvalue weighted by Crippen LogP contribution is -2.28. The minimum Gasteiger partial charge on any atom is -0.395 e. The molecule has 1 saturated heterocycles. The molecule has 2 N–H and O–H groups in total. The highest BCUT2D eigenvalue weighted by Gasteiger charge is 2.33. The number of amides is 2. The van der Waals surface area contributed by atoms with Crippen molar-refractivity contribution in [3.05, 3.63) is 29.3 Å². The van der Waals surface area contributed by atoms with Crippen molar-refractivity contribution in [3.8, 4) is 0 Å². The Hall–Kier alpha value is -2.09. The molecule has 0 unspecified atom stereocenters. The number of aliphatic hydroxyl groups excluding tert-OH is 1. The predicted molar refractivity (Wildman–Crippen MR) is 72.5 cm³/mol. The van der Waals surface area contributed by atoms with Crippen molar-refractivity contribution >= 4 is 17.5 Å². The van der Waals surface area contributed by atoms with E-state index in [1.54, 1.807) is 0 Å². The first-order chi connectivity index (χ1) is 10.3. The molecule has 1 fully saturated rings. The van der Waals surface area contributed by atoms with E-state index >= 15 is 0 Å². The standard InChI is InChI=1S/C14H15F3N2O3/c15-14(16,17)10-6-9(13(22)18-3-5-20)7-11(8-10)19-4-1-2-12(19)21/h6-8,20H,1-5H2,(H,18,22). The van der Waals surface area contributed by atoms with Crippen LogP contribution in [0.1, 0.15) is 28.8 Å². The number of hydrogen-bond acceptors (Lipinski definition) is 3. The lowest BCUT2D eigenvalue weighted by atomic mass is 10.1. The molecule has 0 bridgehead atoms. The first-order valence-electron chi connectivity index (χ1n) is 6.74. The second-order valence-corrected chi connectivity index (χ2v) is 4.89. The number of hydrogen-bond donors (Lipinski definition) is 2. The van der Waals surface area contributed by atoms with Crippen molar-refractivity contribution in [2.45, 2.75) is 19.0 Å². The molecule has 1 heterocycles. The summed E-state index contributed by atoms with van der Waals surface area (Å²) in [6.07, 6.45) is -3.77. The summed E-state index contributed by atoms with van der Waals surface area (Å²) >= 11 is 0. The summed E-state index contributed by atoms with van der Waals surface area (Å²) in [5.74, 6) is -0.992. The number of halogens is 3. The van der Waals surface area contributed by atoms with Crippen LogP contribution in [0.4, 0.5) is 18.9 Å². The first kappa shape index (κ1) is 16.3. The average molecular weight is 316 g/mol. The number of rotatable bonds is 4. The third-order valence-electron chi connectivity index (χ3n) is 3.29. The molecular formula is C14H15F3N2O3. The maximum Gasteiger partial charge on any atom is 0.416 e. The van der Waals surface area contributed by atoms with Crippen molar-refractivity contribution < 1.29 is 27.9 Å². The number of benzene rings is 1. The summed E-state index contributed by atoms with van der Waals surface area (Å²) in [6.45, 7) is -0.0485. The summed E-state index contributed by atoms with van der Waals surface area (Å²) in [5.41, 5.74) is -1.12. The summed E-state index contributed by atoms with van der Waals surface area (Å²) < 4.78 is 38.9. The lowest BCUT2D eigenvalue weighted by molar-refractivity contribution is -0.137. The molecule has 1 aromatic carbocycles. The lowest BCUT2D eigenvalue weighted by Gasteiger charge is -2.19. The van der Waals surface area contributed by atoms with Crippen LogP contribution in [0.25, 0.3) is 0 Å². The van der Waals surface area contributed by atoms with Gasteiger partial charge in [0.2, 0.25) is 5.91 Å². The van der Waals surface area contributed by atoms with Crippen molar-refractivity contribution in [2.75, 3.05) is 24.6 Å². The van der Waals surface area contributed by atoms with Gasteiger partial charge in [0.05, 0.1) is 12.2 Å². The Labute approximate surface area is 124 Å². The van der Waals surface area contributed by atoms with Gasteiger partial charge >= 0.3 is 6.18 Å². The molecule has 0 aromatic heterocycles. The number of aliphatic hydroxyl groups is 1. The molecule has 2 amide bonds. The SMILES string of the molecule is O=C(NCCO)c1cc(N2CCCC2=O)cc(C(F)(F)F)c1. The van der Waals surface area contributed by atoms with Gasteiger partial charge in [-0.3, -0.25) is 9.59 Å². The molecule has 2 rings (SSSR count). The first-order valence-corrected chi connectivity index (χ1v) is 6.74. The van der Waals surface area contributed by atoms with Gasteiger partial charge in [0.1, 0.15) is 0 Å². The summed E-state index contributed by atoms with van der Waals surface area (Å²) in [7, 11) is 0. The van der Waals surface area contributed by atoms with Gasteiger partial charge < -0.3 is 15.3 Å². The largest absolute Gasteiger partial charge is 0.416 e. The Kier molecular flexibility index (Phi) is 4.70. The number of carbonyl (C=O) groups is 2. The van der Waals surface area contributed by atoms with Gasteiger partial charge in [0, 0.05) is 30.8 Å². The van der Waals surface area contributed by atoms with E-state index in [2.05, 4.69) is 5.32 Å². The van der Waals surface area contributed by atoms with E-state index in [9.17, 15) is 22.8 Å². The van der Waals surface area contributed by atoms with Gasteiger partial charge in [-0.25, -0.2) is 0 Å². The highest BCUT2D eigenvalue weighted by Crippen LogP contribution is 2.34. The molecule has 1 aliphatic rings. The molecule has 0 saturated carbocycles. The minimum atomic E-state index is -4.62. The van der Waals surface area contributed by atoms with E-state index in [1.165, 1.54) is 11.0 Å². The van der Waals surface area contributed by atoms with E-state index in [-0.39, 0.29) is 36.7 Å². The molecule has 0 atom stereocenters. The molecule has 0 spiro atoms. The van der Waals surface area contributed by atoms with E-state index in [1.807, 2.05) is 0 Å². The fourth-order valence-electron chi connectivity index (χ4n) is 2.25. The van der Waals surface area contributed by atoms with E-state index in [0.717, 1.165) is 12.1 Å². The molecule has 1 aliphatic heterocycles. The Morgan fingerprint density at radius 2 is 2.05 bits per heavy atom. The fourth-order valence-corrected chi connectivity index (χ4v) is 2.25. The van der Waals surface area contributed by atoms with Gasteiger partial charge in [0.25, 0.3) is 5.91 Å². The van der Waals surface area contributed by atoms with Gasteiger partial charge in [0.15, 0.2) is 0 Å². The van der Waals surface area contributed by atoms with E-state index in [4.69, 9.17) is 5.11 Å². The maximum absolute atomic E-state index is 13.0. The smallest absolute Gasteiger partial charge is 0.395 e. The fraction of sp³-hybridized carbons (Fsp3) is 0.429. The van der Waals surface area contributed by atoms with Crippen molar-refractivity contribution in [2.24, 2.45) is 0 Å². The van der Waals surface area contributed by atoms with Gasteiger partial charge in [-0.15, -0.1) is 0 Å². The average Bonchev–Trinajstić information content (AvgIpc) is 2.89. The number of nitrogens with zero attached hydrogens (tertiary/aromatic N) is 1. The van der Waals surface area contributed by atoms with Crippen LogP contribution in [0, 0.1) is 0 Å². The quantitative estimate of drug-likeness (QED) is 0.885. The molecule has 0 aliphatic carbocycles. The second kappa shape index (κ2) is 6.35. The third-order valence-corrected chi connectivity index (χ3v) is 3.29. The summed E-state index contributed by atoms with van der Waals surface area (Å²) in [6, 6.07) is 2.86. The monoisotopic (exact) mass is 316 g/mol. The summed E-state index contributed by atoms with van der Waals surface area (Å²) in [5, 5.41) is 11.0. The van der Waals surface area contributed by atoms with Gasteiger partial charge in [-0.2, -0.15) is 13.2 Å². The second-order valence-electron chi connectivity index (χ2n) is 4.89. The van der Waals surface area contributed by atoms with E-state index < -0.39 is 17.6 Å². The van der Waals surface area contributed by atoms with Crippen LogP contribution in [0.15, 0.2) is 18.2 Å². The van der Waals surface area contributed by atoms with Crippen LogP contribution in [-0.2, 0) is 11.0 Å². The predicted octanol–water partition coefficient (Wildman–Crippen LogP) is 1.55. The van der Waals surface area contributed by atoms with Crippen molar-refractivity contribution in [3.63, 3.8) is 0 Å². The highest BCUT2D eigenvalue weighted by atomic mass is 19.4. The number of carbonyl (C=O) groups excluding carboxylic acids is 2. The van der Waals surface area contributed by atoms with Crippen LogP contribution in [0.2, 0.25) is 0 Å². The molecule has 5 nitrogen and oxygen atoms in total. The zero-order chi connectivity index (χ0) is 16.3. The molecule has 8 heteroatoms. The van der Waals surface area contributed by atoms with Crippen molar-refractivity contribution in [1.29, 1.82) is 0 Å².